The number of aliphatic hydroxyl groups excluding tert-OH is 1. The van der Waals surface area contributed by atoms with Gasteiger partial charge in [-0.3, -0.25) is 0 Å². The van der Waals surface area contributed by atoms with Gasteiger partial charge in [0.1, 0.15) is 0 Å². The highest BCUT2D eigenvalue weighted by Gasteiger charge is 2.09. The minimum Gasteiger partial charge on any atom is -0.493 e. The summed E-state index contributed by atoms with van der Waals surface area (Å²) < 4.78 is 5.16. The topological polar surface area (TPSA) is 54.4 Å². The number of nitrogens with zero attached hydrogens (tertiary/aromatic N) is 1. The lowest BCUT2D eigenvalue weighted by Gasteiger charge is -2.13. The van der Waals surface area contributed by atoms with Crippen LogP contribution in [0.25, 0.3) is 0 Å². The van der Waals surface area contributed by atoms with Crippen LogP contribution in [0, 0.1) is 0 Å². The third-order valence-electron chi connectivity index (χ3n) is 2.38. The van der Waals surface area contributed by atoms with Crippen LogP contribution >= 0.6 is 11.3 Å². The summed E-state index contributed by atoms with van der Waals surface area (Å²) in [6, 6.07) is 5.54. The Morgan fingerprint density at radius 1 is 1.53 bits per heavy atom. The summed E-state index contributed by atoms with van der Waals surface area (Å²) in [5, 5.41) is 16.9. The Morgan fingerprint density at radius 2 is 2.41 bits per heavy atom. The van der Waals surface area contributed by atoms with Crippen LogP contribution < -0.4 is 10.1 Å². The molecule has 0 fully saturated rings. The van der Waals surface area contributed by atoms with E-state index < -0.39 is 6.10 Å². The Labute approximate surface area is 104 Å². The molecule has 0 spiro atoms. The average Bonchev–Trinajstić information content (AvgIpc) is 2.90. The van der Waals surface area contributed by atoms with Crippen LogP contribution in [0.1, 0.15) is 11.7 Å². The van der Waals surface area contributed by atoms with E-state index in [4.69, 9.17) is 4.74 Å². The highest BCUT2D eigenvalue weighted by molar-refractivity contribution is 7.07. The summed E-state index contributed by atoms with van der Waals surface area (Å²) >= 11 is 1.57. The quantitative estimate of drug-likeness (QED) is 0.855. The average molecular weight is 250 g/mol. The smallest absolute Gasteiger partial charge is 0.168 e. The van der Waals surface area contributed by atoms with Crippen molar-refractivity contribution in [1.29, 1.82) is 0 Å². The van der Waals surface area contributed by atoms with E-state index in [0.717, 1.165) is 5.56 Å². The second-order valence-electron chi connectivity index (χ2n) is 3.51. The number of nitrogens with one attached hydrogen (secondary N) is 1. The van der Waals surface area contributed by atoms with Crippen molar-refractivity contribution in [3.05, 3.63) is 40.7 Å². The summed E-state index contributed by atoms with van der Waals surface area (Å²) in [6.07, 6.45) is 1.15. The maximum Gasteiger partial charge on any atom is 0.168 e. The van der Waals surface area contributed by atoms with E-state index in [9.17, 15) is 5.11 Å². The molecule has 5 heteroatoms. The van der Waals surface area contributed by atoms with E-state index in [-0.39, 0.29) is 0 Å². The second-order valence-corrected chi connectivity index (χ2v) is 4.29. The maximum absolute atomic E-state index is 9.91. The van der Waals surface area contributed by atoms with Gasteiger partial charge < -0.3 is 15.2 Å². The monoisotopic (exact) mass is 250 g/mol. The molecule has 2 aromatic heterocycles. The van der Waals surface area contributed by atoms with Gasteiger partial charge in [-0.1, -0.05) is 0 Å². The molecule has 0 aliphatic rings. The fourth-order valence-corrected chi connectivity index (χ4v) is 2.17. The molecular weight excluding hydrogens is 236 g/mol. The molecule has 1 atom stereocenters. The number of hydrogen-bond donors (Lipinski definition) is 2. The van der Waals surface area contributed by atoms with E-state index >= 15 is 0 Å². The number of thiophene rings is 1. The summed E-state index contributed by atoms with van der Waals surface area (Å²) in [5.41, 5.74) is 0.914. The van der Waals surface area contributed by atoms with Gasteiger partial charge in [0.05, 0.1) is 13.2 Å². The Morgan fingerprint density at radius 3 is 3.12 bits per heavy atom. The van der Waals surface area contributed by atoms with Crippen LogP contribution in [0.3, 0.4) is 0 Å². The SMILES string of the molecule is COc1cccnc1NCC(O)c1ccsc1. The molecule has 0 radical (unpaired) electrons. The predicted octanol–water partition coefficient (Wildman–Crippen LogP) is 2.30. The molecule has 0 amide bonds. The van der Waals surface area contributed by atoms with Crippen LogP contribution in [-0.2, 0) is 0 Å². The number of aliphatic hydroxyl groups is 1. The molecule has 1 unspecified atom stereocenters. The second kappa shape index (κ2) is 5.65. The highest BCUT2D eigenvalue weighted by Crippen LogP contribution is 2.22. The third-order valence-corrected chi connectivity index (χ3v) is 3.08. The van der Waals surface area contributed by atoms with Crippen LogP contribution in [0.5, 0.6) is 5.75 Å². The van der Waals surface area contributed by atoms with Gasteiger partial charge in [0.2, 0.25) is 0 Å². The van der Waals surface area contributed by atoms with Crippen molar-refractivity contribution in [3.63, 3.8) is 0 Å². The van der Waals surface area contributed by atoms with Gasteiger partial charge in [-0.25, -0.2) is 4.98 Å². The largest absolute Gasteiger partial charge is 0.493 e. The first kappa shape index (κ1) is 11.9. The first-order valence-electron chi connectivity index (χ1n) is 5.24. The number of aromatic nitrogens is 1. The Balaban J connectivity index is 1.98. The van der Waals surface area contributed by atoms with Crippen molar-refractivity contribution in [2.24, 2.45) is 0 Å². The lowest BCUT2D eigenvalue weighted by atomic mass is 10.2. The van der Waals surface area contributed by atoms with Gasteiger partial charge in [-0.2, -0.15) is 11.3 Å². The molecule has 0 aliphatic carbocycles. The van der Waals surface area contributed by atoms with E-state index in [0.29, 0.717) is 18.1 Å². The van der Waals surface area contributed by atoms with Crippen LogP contribution in [0.4, 0.5) is 5.82 Å². The summed E-state index contributed by atoms with van der Waals surface area (Å²) in [7, 11) is 1.59. The molecule has 2 heterocycles. The predicted molar refractivity (Wildman–Crippen MR) is 68.6 cm³/mol. The minimum absolute atomic E-state index is 0.407. The lowest BCUT2D eigenvalue weighted by molar-refractivity contribution is 0.192. The number of methoxy groups -OCH3 is 1. The lowest BCUT2D eigenvalue weighted by Crippen LogP contribution is -2.12. The van der Waals surface area contributed by atoms with Crippen molar-refractivity contribution in [2.75, 3.05) is 19.0 Å². The first-order valence-corrected chi connectivity index (χ1v) is 6.18. The van der Waals surface area contributed by atoms with Crippen LogP contribution in [0.15, 0.2) is 35.2 Å². The zero-order valence-electron chi connectivity index (χ0n) is 9.46. The zero-order valence-corrected chi connectivity index (χ0v) is 10.3. The van der Waals surface area contributed by atoms with Gasteiger partial charge in [0.15, 0.2) is 11.6 Å². The van der Waals surface area contributed by atoms with Gasteiger partial charge >= 0.3 is 0 Å². The zero-order chi connectivity index (χ0) is 12.1. The van der Waals surface area contributed by atoms with E-state index in [1.807, 2.05) is 22.9 Å². The fourth-order valence-electron chi connectivity index (χ4n) is 1.46. The Bertz CT molecular complexity index is 459. The normalized spacial score (nSPS) is 12.1. The molecule has 0 bridgehead atoms. The summed E-state index contributed by atoms with van der Waals surface area (Å²) in [4.78, 5) is 4.16. The third kappa shape index (κ3) is 2.95. The summed E-state index contributed by atoms with van der Waals surface area (Å²) in [6.45, 7) is 0.407. The van der Waals surface area contributed by atoms with E-state index in [1.165, 1.54) is 0 Å². The first-order chi connectivity index (χ1) is 8.31. The molecule has 2 aromatic rings. The molecular formula is C12H14N2O2S. The maximum atomic E-state index is 9.91. The molecule has 0 aromatic carbocycles. The standard InChI is InChI=1S/C12H14N2O2S/c1-16-11-3-2-5-13-12(11)14-7-10(15)9-4-6-17-8-9/h2-6,8,10,15H,7H2,1H3,(H,13,14). The van der Waals surface area contributed by atoms with E-state index in [1.54, 1.807) is 30.7 Å². The molecule has 0 saturated carbocycles. The van der Waals surface area contributed by atoms with Crippen molar-refractivity contribution in [2.45, 2.75) is 6.10 Å². The number of anilines is 1. The van der Waals surface area contributed by atoms with Crippen molar-refractivity contribution in [1.82, 2.24) is 4.98 Å². The van der Waals surface area contributed by atoms with Crippen LogP contribution in [0.2, 0.25) is 0 Å². The molecule has 17 heavy (non-hydrogen) atoms. The van der Waals surface area contributed by atoms with Crippen molar-refractivity contribution < 1.29 is 9.84 Å². The Hall–Kier alpha value is -1.59. The molecule has 0 aliphatic heterocycles. The van der Waals surface area contributed by atoms with E-state index in [2.05, 4.69) is 10.3 Å². The molecule has 2 rings (SSSR count). The van der Waals surface area contributed by atoms with Gasteiger partial charge in [0.25, 0.3) is 0 Å². The number of hydrogen-bond acceptors (Lipinski definition) is 5. The number of pyridine rings is 1. The molecule has 90 valence electrons. The van der Waals surface area contributed by atoms with Crippen LogP contribution in [-0.4, -0.2) is 23.7 Å². The van der Waals surface area contributed by atoms with Crippen molar-refractivity contribution >= 4 is 17.2 Å². The molecule has 2 N–H and O–H groups in total. The fraction of sp³-hybridized carbons (Fsp3) is 0.250. The van der Waals surface area contributed by atoms with Gasteiger partial charge in [-0.15, -0.1) is 0 Å². The number of rotatable bonds is 5. The van der Waals surface area contributed by atoms with Gasteiger partial charge in [-0.05, 0) is 34.5 Å². The number of ether oxygens (including phenoxy) is 1. The highest BCUT2D eigenvalue weighted by atomic mass is 32.1. The molecule has 4 nitrogen and oxygen atoms in total. The van der Waals surface area contributed by atoms with Gasteiger partial charge in [0, 0.05) is 12.7 Å². The Kier molecular flexibility index (Phi) is 3.95. The van der Waals surface area contributed by atoms with Crippen molar-refractivity contribution in [3.8, 4) is 5.75 Å². The molecule has 0 saturated heterocycles. The minimum atomic E-state index is -0.534. The summed E-state index contributed by atoms with van der Waals surface area (Å²) in [5.74, 6) is 1.31.